The molecule has 3 aromatic rings. The molecule has 0 N–H and O–H groups in total. The Kier molecular flexibility index (Phi) is 5.66. The van der Waals surface area contributed by atoms with Crippen LogP contribution in [0, 0.1) is 0 Å². The highest BCUT2D eigenvalue weighted by Gasteiger charge is 2.29. The van der Waals surface area contributed by atoms with Crippen molar-refractivity contribution < 1.29 is 13.6 Å². The van der Waals surface area contributed by atoms with Crippen LogP contribution in [0.1, 0.15) is 31.0 Å². The van der Waals surface area contributed by atoms with Gasteiger partial charge in [0.1, 0.15) is 0 Å². The molecule has 0 unspecified atom stereocenters. The monoisotopic (exact) mass is 385 g/mol. The van der Waals surface area contributed by atoms with Gasteiger partial charge < -0.3 is 13.6 Å². The van der Waals surface area contributed by atoms with Crippen LogP contribution < -0.4 is 5.43 Å². The van der Waals surface area contributed by atoms with Crippen LogP contribution in [0.3, 0.4) is 0 Å². The van der Waals surface area contributed by atoms with Gasteiger partial charge in [-0.25, -0.2) is 0 Å². The first-order valence-corrected chi connectivity index (χ1v) is 10.6. The van der Waals surface area contributed by atoms with Crippen LogP contribution in [-0.2, 0) is 19.8 Å². The van der Waals surface area contributed by atoms with E-state index in [0.717, 1.165) is 11.2 Å². The zero-order valence-electron chi connectivity index (χ0n) is 16.0. The third-order valence-electron chi connectivity index (χ3n) is 4.71. The topological polar surface area (TPSA) is 57.5 Å². The highest BCUT2D eigenvalue weighted by atomic mass is 31.2. The number of hydrogen-bond donors (Lipinski definition) is 0. The summed E-state index contributed by atoms with van der Waals surface area (Å²) in [4.78, 5) is 13.3. The lowest BCUT2D eigenvalue weighted by Crippen LogP contribution is -2.21. The zero-order chi connectivity index (χ0) is 19.6. The Morgan fingerprint density at radius 3 is 2.15 bits per heavy atom. The molecule has 5 nitrogen and oxygen atoms in total. The van der Waals surface area contributed by atoms with Crippen molar-refractivity contribution in [1.29, 1.82) is 0 Å². The second kappa shape index (κ2) is 7.81. The third-order valence-corrected chi connectivity index (χ3v) is 6.51. The molecule has 0 spiro atoms. The minimum absolute atomic E-state index is 0.0164. The molecule has 0 radical (unpaired) electrons. The number of rotatable bonds is 6. The van der Waals surface area contributed by atoms with E-state index in [2.05, 4.69) is 0 Å². The van der Waals surface area contributed by atoms with E-state index in [1.54, 1.807) is 0 Å². The quantitative estimate of drug-likeness (QED) is 0.554. The van der Waals surface area contributed by atoms with Gasteiger partial charge >= 0.3 is 7.60 Å². The fourth-order valence-electron chi connectivity index (χ4n) is 3.41. The van der Waals surface area contributed by atoms with Crippen molar-refractivity contribution in [3.05, 3.63) is 76.1 Å². The molecule has 0 aliphatic heterocycles. The summed E-state index contributed by atoms with van der Waals surface area (Å²) < 4.78 is 25.3. The molecular weight excluding hydrogens is 361 g/mol. The van der Waals surface area contributed by atoms with E-state index in [1.165, 1.54) is 14.2 Å². The number of nitrogens with zero attached hydrogens (tertiary/aromatic N) is 1. The number of aromatic nitrogens is 1. The van der Waals surface area contributed by atoms with Gasteiger partial charge in [-0.2, -0.15) is 0 Å². The van der Waals surface area contributed by atoms with E-state index < -0.39 is 7.60 Å². The Labute approximate surface area is 159 Å². The van der Waals surface area contributed by atoms with Crippen molar-refractivity contribution in [2.24, 2.45) is 0 Å². The molecular formula is C21H24NO4P. The highest BCUT2D eigenvalue weighted by molar-refractivity contribution is 7.52. The molecule has 0 saturated carbocycles. The van der Waals surface area contributed by atoms with Crippen molar-refractivity contribution >= 4 is 18.5 Å². The largest absolute Gasteiger partial charge is 0.336 e. The van der Waals surface area contributed by atoms with Gasteiger partial charge in [0.15, 0.2) is 5.43 Å². The predicted octanol–water partition coefficient (Wildman–Crippen LogP) is 5.10. The fourth-order valence-corrected chi connectivity index (χ4v) is 4.50. The van der Waals surface area contributed by atoms with Gasteiger partial charge in [-0.1, -0.05) is 44.2 Å². The van der Waals surface area contributed by atoms with E-state index in [-0.39, 0.29) is 17.5 Å². The Morgan fingerprint density at radius 1 is 0.963 bits per heavy atom. The fraction of sp³-hybridized carbons (Fsp3) is 0.286. The number of pyridine rings is 1. The van der Waals surface area contributed by atoms with Crippen LogP contribution in [0.25, 0.3) is 16.6 Å². The summed E-state index contributed by atoms with van der Waals surface area (Å²) in [5, 5.41) is 0.637. The number of hydrogen-bond acceptors (Lipinski definition) is 4. The summed E-state index contributed by atoms with van der Waals surface area (Å²) >= 11 is 0. The smallest absolute Gasteiger partial charge is 0.312 e. The predicted molar refractivity (Wildman–Crippen MR) is 109 cm³/mol. The van der Waals surface area contributed by atoms with Crippen molar-refractivity contribution in [2.75, 3.05) is 14.2 Å². The van der Waals surface area contributed by atoms with Crippen LogP contribution in [0.4, 0.5) is 0 Å². The van der Waals surface area contributed by atoms with Crippen LogP contribution in [0.2, 0.25) is 0 Å². The zero-order valence-corrected chi connectivity index (χ0v) is 16.9. The van der Waals surface area contributed by atoms with Crippen molar-refractivity contribution in [2.45, 2.75) is 25.9 Å². The molecule has 0 atom stereocenters. The number of benzene rings is 2. The summed E-state index contributed by atoms with van der Waals surface area (Å²) in [6, 6.07) is 17.2. The molecule has 0 fully saturated rings. The summed E-state index contributed by atoms with van der Waals surface area (Å²) in [7, 11) is -0.642. The second-order valence-electron chi connectivity index (χ2n) is 6.67. The molecule has 0 aliphatic carbocycles. The van der Waals surface area contributed by atoms with Gasteiger partial charge in [-0.3, -0.25) is 9.36 Å². The lowest BCUT2D eigenvalue weighted by atomic mass is 9.98. The van der Waals surface area contributed by atoms with E-state index in [0.29, 0.717) is 16.6 Å². The summed E-state index contributed by atoms with van der Waals surface area (Å²) in [5.41, 5.74) is 2.91. The first-order valence-electron chi connectivity index (χ1n) is 8.84. The molecule has 0 aliphatic rings. The molecule has 0 bridgehead atoms. The van der Waals surface area contributed by atoms with E-state index in [1.807, 2.05) is 73.0 Å². The van der Waals surface area contributed by atoms with Crippen LogP contribution >= 0.6 is 7.60 Å². The minimum Gasteiger partial charge on any atom is -0.312 e. The Balaban J connectivity index is 2.48. The SMILES string of the molecule is COP(=O)(Cc1c(C(C)C)c(=O)c2ccccc2n1-c1ccccc1)OC. The maximum atomic E-state index is 13.3. The maximum absolute atomic E-state index is 13.3. The molecule has 27 heavy (non-hydrogen) atoms. The number of fused-ring (bicyclic) bond motifs is 1. The first-order chi connectivity index (χ1) is 12.9. The van der Waals surface area contributed by atoms with E-state index >= 15 is 0 Å². The third kappa shape index (κ3) is 3.63. The van der Waals surface area contributed by atoms with Gasteiger partial charge in [0, 0.05) is 36.6 Å². The molecule has 1 aromatic heterocycles. The van der Waals surface area contributed by atoms with Gasteiger partial charge in [-0.15, -0.1) is 0 Å². The van der Waals surface area contributed by atoms with Gasteiger partial charge in [0.05, 0.1) is 11.7 Å². The summed E-state index contributed by atoms with van der Waals surface area (Å²) in [5.74, 6) is -0.0470. The molecule has 6 heteroatoms. The maximum Gasteiger partial charge on any atom is 0.336 e. The minimum atomic E-state index is -3.37. The lowest BCUT2D eigenvalue weighted by Gasteiger charge is -2.24. The normalized spacial score (nSPS) is 12.0. The van der Waals surface area contributed by atoms with Crippen LogP contribution in [0.5, 0.6) is 0 Å². The molecule has 3 rings (SSSR count). The average Bonchev–Trinajstić information content (AvgIpc) is 2.68. The molecule has 0 amide bonds. The Hall–Kier alpha value is -2.20. The average molecular weight is 385 g/mol. The molecule has 1 heterocycles. The highest BCUT2D eigenvalue weighted by Crippen LogP contribution is 2.51. The van der Waals surface area contributed by atoms with Crippen molar-refractivity contribution in [1.82, 2.24) is 4.57 Å². The van der Waals surface area contributed by atoms with Crippen LogP contribution in [-0.4, -0.2) is 18.8 Å². The Bertz CT molecular complexity index is 1050. The summed E-state index contributed by atoms with van der Waals surface area (Å²) in [6.07, 6.45) is 0.0164. The Morgan fingerprint density at radius 2 is 1.56 bits per heavy atom. The van der Waals surface area contributed by atoms with Crippen molar-refractivity contribution in [3.8, 4) is 5.69 Å². The van der Waals surface area contributed by atoms with Gasteiger partial charge in [-0.05, 0) is 30.2 Å². The van der Waals surface area contributed by atoms with E-state index in [9.17, 15) is 9.36 Å². The molecule has 142 valence electrons. The molecule has 0 saturated heterocycles. The van der Waals surface area contributed by atoms with E-state index in [4.69, 9.17) is 9.05 Å². The lowest BCUT2D eigenvalue weighted by molar-refractivity contribution is 0.274. The number of para-hydroxylation sites is 2. The van der Waals surface area contributed by atoms with Crippen LogP contribution in [0.15, 0.2) is 59.4 Å². The van der Waals surface area contributed by atoms with Crippen molar-refractivity contribution in [3.63, 3.8) is 0 Å². The van der Waals surface area contributed by atoms with Gasteiger partial charge in [0.25, 0.3) is 0 Å². The molecule has 2 aromatic carbocycles. The first kappa shape index (κ1) is 19.6. The van der Waals surface area contributed by atoms with Gasteiger partial charge in [0.2, 0.25) is 0 Å². The summed E-state index contributed by atoms with van der Waals surface area (Å²) in [6.45, 7) is 3.93. The standard InChI is InChI=1S/C21H24NO4P/c1-15(2)20-19(14-27(24,25-3)26-4)22(16-10-6-5-7-11-16)18-13-9-8-12-17(18)21(20)23/h5-13,15H,14H2,1-4H3. The second-order valence-corrected chi connectivity index (χ2v) is 8.93.